The van der Waals surface area contributed by atoms with Gasteiger partial charge in [-0.1, -0.05) is 18.2 Å². The molecular formula is C20H20BrN3OS2. The first kappa shape index (κ1) is 20.1. The van der Waals surface area contributed by atoms with E-state index in [1.807, 2.05) is 54.4 Å². The first-order valence-corrected chi connectivity index (χ1v) is 11.0. The Kier molecular flexibility index (Phi) is 7.46. The van der Waals surface area contributed by atoms with Gasteiger partial charge in [0.25, 0.3) is 0 Å². The molecule has 27 heavy (non-hydrogen) atoms. The van der Waals surface area contributed by atoms with Crippen molar-refractivity contribution in [3.63, 3.8) is 0 Å². The molecule has 4 nitrogen and oxygen atoms in total. The first-order chi connectivity index (χ1) is 13.1. The molecule has 0 saturated heterocycles. The molecule has 1 aromatic carbocycles. The van der Waals surface area contributed by atoms with Crippen molar-refractivity contribution in [3.05, 3.63) is 75.0 Å². The Labute approximate surface area is 176 Å². The second-order valence-corrected chi connectivity index (χ2v) is 9.63. The van der Waals surface area contributed by atoms with Crippen LogP contribution in [-0.4, -0.2) is 29.4 Å². The Morgan fingerprint density at radius 1 is 1.22 bits per heavy atom. The summed E-state index contributed by atoms with van der Waals surface area (Å²) in [7, 11) is 1.95. The van der Waals surface area contributed by atoms with Crippen LogP contribution >= 0.6 is 39.0 Å². The lowest BCUT2D eigenvalue weighted by atomic mass is 10.2. The van der Waals surface area contributed by atoms with Crippen molar-refractivity contribution >= 4 is 50.6 Å². The maximum absolute atomic E-state index is 12.3. The van der Waals surface area contributed by atoms with Crippen LogP contribution in [0.1, 0.15) is 10.4 Å². The van der Waals surface area contributed by atoms with Gasteiger partial charge in [0, 0.05) is 29.1 Å². The van der Waals surface area contributed by atoms with Crippen molar-refractivity contribution in [2.24, 2.45) is 0 Å². The number of pyridine rings is 1. The average molecular weight is 462 g/mol. The third kappa shape index (κ3) is 6.77. The summed E-state index contributed by atoms with van der Waals surface area (Å²) in [4.78, 5) is 19.9. The molecule has 0 spiro atoms. The Hall–Kier alpha value is -1.67. The summed E-state index contributed by atoms with van der Waals surface area (Å²) in [5.41, 5.74) is 1.98. The zero-order valence-electron chi connectivity index (χ0n) is 14.9. The van der Waals surface area contributed by atoms with Crippen molar-refractivity contribution in [1.82, 2.24) is 9.88 Å². The molecule has 0 radical (unpaired) electrons. The predicted molar refractivity (Wildman–Crippen MR) is 117 cm³/mol. The Morgan fingerprint density at radius 2 is 2.11 bits per heavy atom. The van der Waals surface area contributed by atoms with Gasteiger partial charge in [0.15, 0.2) is 0 Å². The number of aromatic nitrogens is 1. The van der Waals surface area contributed by atoms with E-state index in [-0.39, 0.29) is 5.91 Å². The molecule has 2 heterocycles. The van der Waals surface area contributed by atoms with Gasteiger partial charge in [-0.15, -0.1) is 23.1 Å². The highest BCUT2D eigenvalue weighted by atomic mass is 79.9. The monoisotopic (exact) mass is 461 g/mol. The second-order valence-electron chi connectivity index (χ2n) is 6.08. The molecule has 2 aromatic heterocycles. The van der Waals surface area contributed by atoms with Crippen LogP contribution in [0.2, 0.25) is 0 Å². The number of halogens is 1. The first-order valence-electron chi connectivity index (χ1n) is 8.44. The summed E-state index contributed by atoms with van der Waals surface area (Å²) in [5.74, 6) is 0.802. The molecule has 140 valence electrons. The summed E-state index contributed by atoms with van der Waals surface area (Å²) in [6.07, 6.45) is 1.80. The van der Waals surface area contributed by atoms with Crippen molar-refractivity contribution in [1.29, 1.82) is 0 Å². The molecule has 3 aromatic rings. The Bertz CT molecular complexity index is 886. The highest BCUT2D eigenvalue weighted by Gasteiger charge is 2.09. The number of amides is 1. The number of nitrogens with zero attached hydrogens (tertiary/aromatic N) is 2. The molecule has 0 aliphatic carbocycles. The molecule has 7 heteroatoms. The van der Waals surface area contributed by atoms with Crippen LogP contribution in [0.3, 0.4) is 0 Å². The van der Waals surface area contributed by atoms with E-state index in [0.29, 0.717) is 6.54 Å². The topological polar surface area (TPSA) is 45.2 Å². The highest BCUT2D eigenvalue weighted by molar-refractivity contribution is 9.11. The van der Waals surface area contributed by atoms with Crippen LogP contribution in [0.4, 0.5) is 5.69 Å². The summed E-state index contributed by atoms with van der Waals surface area (Å²) in [5, 5.41) is 3.99. The van der Waals surface area contributed by atoms with Crippen molar-refractivity contribution in [2.75, 3.05) is 18.9 Å². The number of benzene rings is 1. The van der Waals surface area contributed by atoms with Gasteiger partial charge in [0.05, 0.1) is 15.4 Å². The average Bonchev–Trinajstić information content (AvgIpc) is 3.05. The number of carbonyl (C=O) groups is 1. The fourth-order valence-corrected chi connectivity index (χ4v) is 4.90. The van der Waals surface area contributed by atoms with E-state index in [2.05, 4.69) is 38.4 Å². The standard InChI is InChI=1S/C20H20BrN3OS2/c1-24(12-17-8-9-18(21)27-17)13-19(25)23-16-6-4-5-15(11-16)14-26-20-7-2-3-10-22-20/h2-11H,12-14H2,1H3,(H,23,25). The molecule has 3 rings (SSSR count). The summed E-state index contributed by atoms with van der Waals surface area (Å²) in [6.45, 7) is 1.10. The van der Waals surface area contributed by atoms with Crippen molar-refractivity contribution < 1.29 is 4.79 Å². The zero-order chi connectivity index (χ0) is 19.1. The zero-order valence-corrected chi connectivity index (χ0v) is 18.1. The van der Waals surface area contributed by atoms with E-state index in [4.69, 9.17) is 0 Å². The van der Waals surface area contributed by atoms with Gasteiger partial charge in [0.1, 0.15) is 0 Å². The van der Waals surface area contributed by atoms with Crippen LogP contribution < -0.4 is 5.32 Å². The normalized spacial score (nSPS) is 10.9. The predicted octanol–water partition coefficient (Wildman–Crippen LogP) is 5.27. The summed E-state index contributed by atoms with van der Waals surface area (Å²) in [6, 6.07) is 18.0. The van der Waals surface area contributed by atoms with Gasteiger partial charge in [-0.25, -0.2) is 4.98 Å². The third-order valence-electron chi connectivity index (χ3n) is 3.70. The quantitative estimate of drug-likeness (QED) is 0.464. The molecule has 0 bridgehead atoms. The van der Waals surface area contributed by atoms with E-state index in [1.165, 1.54) is 4.88 Å². The van der Waals surface area contributed by atoms with Crippen LogP contribution in [0.25, 0.3) is 0 Å². The molecule has 0 aliphatic heterocycles. The molecule has 0 aliphatic rings. The number of carbonyl (C=O) groups excluding carboxylic acids is 1. The van der Waals surface area contributed by atoms with Crippen molar-refractivity contribution in [3.8, 4) is 0 Å². The van der Waals surface area contributed by atoms with E-state index in [0.717, 1.165) is 32.4 Å². The van der Waals surface area contributed by atoms with E-state index in [1.54, 1.807) is 29.3 Å². The Morgan fingerprint density at radius 3 is 2.85 bits per heavy atom. The van der Waals surface area contributed by atoms with Crippen LogP contribution in [0, 0.1) is 0 Å². The largest absolute Gasteiger partial charge is 0.325 e. The van der Waals surface area contributed by atoms with Gasteiger partial charge < -0.3 is 5.32 Å². The number of thioether (sulfide) groups is 1. The van der Waals surface area contributed by atoms with Crippen LogP contribution in [-0.2, 0) is 17.1 Å². The fourth-order valence-electron chi connectivity index (χ4n) is 2.53. The molecule has 1 amide bonds. The highest BCUT2D eigenvalue weighted by Crippen LogP contribution is 2.23. The van der Waals surface area contributed by atoms with Gasteiger partial charge in [-0.3, -0.25) is 9.69 Å². The number of rotatable bonds is 8. The number of hydrogen-bond acceptors (Lipinski definition) is 5. The maximum atomic E-state index is 12.3. The molecular weight excluding hydrogens is 442 g/mol. The smallest absolute Gasteiger partial charge is 0.238 e. The molecule has 0 saturated carbocycles. The molecule has 0 atom stereocenters. The van der Waals surface area contributed by atoms with Gasteiger partial charge >= 0.3 is 0 Å². The number of anilines is 1. The maximum Gasteiger partial charge on any atom is 0.238 e. The van der Waals surface area contributed by atoms with Crippen LogP contribution in [0.5, 0.6) is 0 Å². The minimum absolute atomic E-state index is 0.0114. The molecule has 1 N–H and O–H groups in total. The number of hydrogen-bond donors (Lipinski definition) is 1. The van der Waals surface area contributed by atoms with Gasteiger partial charge in [0.2, 0.25) is 5.91 Å². The van der Waals surface area contributed by atoms with E-state index < -0.39 is 0 Å². The van der Waals surface area contributed by atoms with Gasteiger partial charge in [-0.2, -0.15) is 0 Å². The second kappa shape index (κ2) is 10.0. The minimum Gasteiger partial charge on any atom is -0.325 e. The summed E-state index contributed by atoms with van der Waals surface area (Å²) < 4.78 is 1.11. The van der Waals surface area contributed by atoms with Gasteiger partial charge in [-0.05, 0) is 64.9 Å². The lowest BCUT2D eigenvalue weighted by Crippen LogP contribution is -2.29. The van der Waals surface area contributed by atoms with Crippen molar-refractivity contribution in [2.45, 2.75) is 17.3 Å². The SMILES string of the molecule is CN(CC(=O)Nc1cccc(CSc2ccccn2)c1)Cc1ccc(Br)s1. The Balaban J connectivity index is 1.50. The van der Waals surface area contributed by atoms with E-state index >= 15 is 0 Å². The lowest BCUT2D eigenvalue weighted by molar-refractivity contribution is -0.117. The number of thiophene rings is 1. The van der Waals surface area contributed by atoms with E-state index in [9.17, 15) is 4.79 Å². The number of likely N-dealkylation sites (N-methyl/N-ethyl adjacent to an activating group) is 1. The van der Waals surface area contributed by atoms with Crippen LogP contribution in [0.15, 0.2) is 69.6 Å². The fraction of sp³-hybridized carbons (Fsp3) is 0.200. The lowest BCUT2D eigenvalue weighted by Gasteiger charge is -2.15. The summed E-state index contributed by atoms with van der Waals surface area (Å²) >= 11 is 6.84. The molecule has 0 unspecified atom stereocenters. The number of nitrogens with one attached hydrogen (secondary N) is 1. The minimum atomic E-state index is -0.0114. The molecule has 0 fully saturated rings. The third-order valence-corrected chi connectivity index (χ3v) is 6.33.